The highest BCUT2D eigenvalue weighted by molar-refractivity contribution is 5.80. The molecule has 0 unspecified atom stereocenters. The number of rotatable bonds is 2. The third kappa shape index (κ3) is 2.60. The van der Waals surface area contributed by atoms with E-state index >= 15 is 0 Å². The number of benzene rings is 2. The molecular formula is C16H16. The number of hydrogen-bond acceptors (Lipinski definition) is 0. The highest BCUT2D eigenvalue weighted by atomic mass is 14.0. The van der Waals surface area contributed by atoms with Gasteiger partial charge in [-0.1, -0.05) is 66.2 Å². The second-order valence-electron chi connectivity index (χ2n) is 4.11. The van der Waals surface area contributed by atoms with Crippen molar-refractivity contribution in [2.45, 2.75) is 13.8 Å². The van der Waals surface area contributed by atoms with Gasteiger partial charge < -0.3 is 0 Å². The number of allylic oxidation sites excluding steroid dienone is 1. The number of hydrogen-bond donors (Lipinski definition) is 0. The van der Waals surface area contributed by atoms with E-state index in [4.69, 9.17) is 0 Å². The molecule has 0 amide bonds. The van der Waals surface area contributed by atoms with Crippen LogP contribution in [0.1, 0.15) is 23.6 Å². The molecule has 0 aliphatic carbocycles. The Morgan fingerprint density at radius 3 is 2.38 bits per heavy atom. The standard InChI is InChI=1S/C16H16/c1-13-7-6-10-16(11-13)14(2)12-15-8-4-3-5-9-15/h3-12H,1-2H3/b14-12+. The molecule has 0 saturated heterocycles. The summed E-state index contributed by atoms with van der Waals surface area (Å²) in [6.45, 7) is 4.28. The second kappa shape index (κ2) is 4.80. The predicted molar refractivity (Wildman–Crippen MR) is 71.2 cm³/mol. The summed E-state index contributed by atoms with van der Waals surface area (Å²) in [4.78, 5) is 0. The normalized spacial score (nSPS) is 11.5. The van der Waals surface area contributed by atoms with Gasteiger partial charge in [-0.05, 0) is 30.5 Å². The fraction of sp³-hybridized carbons (Fsp3) is 0.125. The average Bonchev–Trinajstić information content (AvgIpc) is 2.30. The Morgan fingerprint density at radius 2 is 1.69 bits per heavy atom. The van der Waals surface area contributed by atoms with E-state index in [1.54, 1.807) is 0 Å². The second-order valence-corrected chi connectivity index (χ2v) is 4.11. The fourth-order valence-corrected chi connectivity index (χ4v) is 1.77. The molecule has 0 aromatic heterocycles. The van der Waals surface area contributed by atoms with Gasteiger partial charge in [0.05, 0.1) is 0 Å². The van der Waals surface area contributed by atoms with Gasteiger partial charge in [0.25, 0.3) is 0 Å². The monoisotopic (exact) mass is 208 g/mol. The molecule has 0 spiro atoms. The van der Waals surface area contributed by atoms with Gasteiger partial charge in [0.2, 0.25) is 0 Å². The van der Waals surface area contributed by atoms with E-state index in [0.29, 0.717) is 0 Å². The smallest absolute Gasteiger partial charge is 0.0225 e. The molecule has 0 heteroatoms. The van der Waals surface area contributed by atoms with Crippen molar-refractivity contribution in [3.8, 4) is 0 Å². The highest BCUT2D eigenvalue weighted by Crippen LogP contribution is 2.18. The molecule has 0 aliphatic heterocycles. The molecule has 2 aromatic rings. The lowest BCUT2D eigenvalue weighted by molar-refractivity contribution is 1.44. The lowest BCUT2D eigenvalue weighted by Crippen LogP contribution is -1.81. The molecule has 0 heterocycles. The van der Waals surface area contributed by atoms with Crippen molar-refractivity contribution in [3.63, 3.8) is 0 Å². The van der Waals surface area contributed by atoms with Crippen molar-refractivity contribution in [1.82, 2.24) is 0 Å². The van der Waals surface area contributed by atoms with E-state index in [2.05, 4.69) is 68.5 Å². The van der Waals surface area contributed by atoms with E-state index < -0.39 is 0 Å². The Morgan fingerprint density at radius 1 is 0.938 bits per heavy atom. The summed E-state index contributed by atoms with van der Waals surface area (Å²) in [6, 6.07) is 19.0. The van der Waals surface area contributed by atoms with Crippen LogP contribution in [-0.4, -0.2) is 0 Å². The zero-order valence-electron chi connectivity index (χ0n) is 9.77. The molecule has 0 radical (unpaired) electrons. The first-order valence-corrected chi connectivity index (χ1v) is 5.56. The molecule has 0 aliphatic rings. The van der Waals surface area contributed by atoms with E-state index in [0.717, 1.165) is 0 Å². The first kappa shape index (κ1) is 10.7. The summed E-state index contributed by atoms with van der Waals surface area (Å²) in [7, 11) is 0. The Hall–Kier alpha value is -1.82. The summed E-state index contributed by atoms with van der Waals surface area (Å²) in [5.74, 6) is 0. The van der Waals surface area contributed by atoms with E-state index in [-0.39, 0.29) is 0 Å². The van der Waals surface area contributed by atoms with Crippen molar-refractivity contribution in [2.24, 2.45) is 0 Å². The number of aryl methyl sites for hydroxylation is 1. The van der Waals surface area contributed by atoms with Crippen LogP contribution in [-0.2, 0) is 0 Å². The maximum absolute atomic E-state index is 2.22. The zero-order valence-corrected chi connectivity index (χ0v) is 9.77. The minimum Gasteiger partial charge on any atom is -0.0622 e. The van der Waals surface area contributed by atoms with Gasteiger partial charge in [0.15, 0.2) is 0 Å². The SMILES string of the molecule is C/C(=C\c1ccccc1)c1cccc(C)c1. The van der Waals surface area contributed by atoms with Crippen molar-refractivity contribution in [1.29, 1.82) is 0 Å². The van der Waals surface area contributed by atoms with Gasteiger partial charge in [0.1, 0.15) is 0 Å². The van der Waals surface area contributed by atoms with Crippen LogP contribution in [0, 0.1) is 6.92 Å². The molecule has 80 valence electrons. The van der Waals surface area contributed by atoms with Gasteiger partial charge in [-0.3, -0.25) is 0 Å². The first-order chi connectivity index (χ1) is 7.75. The minimum absolute atomic E-state index is 1.25. The van der Waals surface area contributed by atoms with Crippen LogP contribution in [0.25, 0.3) is 11.6 Å². The third-order valence-corrected chi connectivity index (χ3v) is 2.66. The van der Waals surface area contributed by atoms with Crippen LogP contribution in [0.4, 0.5) is 0 Å². The van der Waals surface area contributed by atoms with Crippen LogP contribution in [0.2, 0.25) is 0 Å². The van der Waals surface area contributed by atoms with Crippen molar-refractivity contribution < 1.29 is 0 Å². The van der Waals surface area contributed by atoms with Crippen LogP contribution in [0.15, 0.2) is 54.6 Å². The van der Waals surface area contributed by atoms with Gasteiger partial charge in [0, 0.05) is 0 Å². The van der Waals surface area contributed by atoms with E-state index in [9.17, 15) is 0 Å². The average molecular weight is 208 g/mol. The molecule has 0 atom stereocenters. The van der Waals surface area contributed by atoms with Crippen LogP contribution >= 0.6 is 0 Å². The summed E-state index contributed by atoms with van der Waals surface area (Å²) in [5.41, 5.74) is 5.15. The molecule has 2 rings (SSSR count). The van der Waals surface area contributed by atoms with E-state index in [1.165, 1.54) is 22.3 Å². The molecule has 0 bridgehead atoms. The van der Waals surface area contributed by atoms with Gasteiger partial charge in [-0.15, -0.1) is 0 Å². The van der Waals surface area contributed by atoms with Crippen LogP contribution < -0.4 is 0 Å². The Kier molecular flexibility index (Phi) is 3.21. The summed E-state index contributed by atoms with van der Waals surface area (Å²) in [6.07, 6.45) is 2.22. The summed E-state index contributed by atoms with van der Waals surface area (Å²) in [5, 5.41) is 0. The molecule has 0 saturated carbocycles. The van der Waals surface area contributed by atoms with Crippen molar-refractivity contribution in [3.05, 3.63) is 71.3 Å². The predicted octanol–water partition coefficient (Wildman–Crippen LogP) is 4.56. The molecule has 2 aromatic carbocycles. The van der Waals surface area contributed by atoms with Crippen LogP contribution in [0.3, 0.4) is 0 Å². The first-order valence-electron chi connectivity index (χ1n) is 5.56. The lowest BCUT2D eigenvalue weighted by atomic mass is 10.0. The Labute approximate surface area is 97.3 Å². The van der Waals surface area contributed by atoms with Gasteiger partial charge in [-0.2, -0.15) is 0 Å². The molecular weight excluding hydrogens is 192 g/mol. The fourth-order valence-electron chi connectivity index (χ4n) is 1.77. The molecule has 16 heavy (non-hydrogen) atoms. The molecule has 0 N–H and O–H groups in total. The molecule has 0 nitrogen and oxygen atoms in total. The Balaban J connectivity index is 2.32. The summed E-state index contributed by atoms with van der Waals surface area (Å²) < 4.78 is 0. The Bertz CT molecular complexity index is 492. The van der Waals surface area contributed by atoms with Gasteiger partial charge >= 0.3 is 0 Å². The maximum Gasteiger partial charge on any atom is -0.0225 e. The van der Waals surface area contributed by atoms with Crippen LogP contribution in [0.5, 0.6) is 0 Å². The largest absolute Gasteiger partial charge is 0.0622 e. The lowest BCUT2D eigenvalue weighted by Gasteiger charge is -2.03. The topological polar surface area (TPSA) is 0 Å². The van der Waals surface area contributed by atoms with E-state index in [1.807, 2.05) is 6.07 Å². The zero-order chi connectivity index (χ0) is 11.4. The quantitative estimate of drug-likeness (QED) is 0.635. The highest BCUT2D eigenvalue weighted by Gasteiger charge is 1.95. The molecule has 0 fully saturated rings. The van der Waals surface area contributed by atoms with Gasteiger partial charge in [-0.25, -0.2) is 0 Å². The third-order valence-electron chi connectivity index (χ3n) is 2.66. The maximum atomic E-state index is 2.22. The summed E-state index contributed by atoms with van der Waals surface area (Å²) >= 11 is 0. The van der Waals surface area contributed by atoms with Crippen molar-refractivity contribution in [2.75, 3.05) is 0 Å². The minimum atomic E-state index is 1.25. The van der Waals surface area contributed by atoms with Crippen molar-refractivity contribution >= 4 is 11.6 Å².